The van der Waals surface area contributed by atoms with Crippen LogP contribution in [0.5, 0.6) is 0 Å². The predicted octanol–water partition coefficient (Wildman–Crippen LogP) is 4.38. The van der Waals surface area contributed by atoms with E-state index in [1.807, 2.05) is 43.3 Å². The quantitative estimate of drug-likeness (QED) is 0.652. The molecule has 0 spiro atoms. The number of carbonyl (C=O) groups is 1. The number of carboxylic acids is 1. The number of H-pyrrole nitrogens is 1. The van der Waals surface area contributed by atoms with Gasteiger partial charge in [-0.25, -0.2) is 0 Å². The average Bonchev–Trinajstić information content (AvgIpc) is 2.76. The summed E-state index contributed by atoms with van der Waals surface area (Å²) in [5.74, 6) is -0.816. The Kier molecular flexibility index (Phi) is 3.71. The summed E-state index contributed by atoms with van der Waals surface area (Å²) >= 11 is 2.25. The van der Waals surface area contributed by atoms with Crippen molar-refractivity contribution in [3.05, 3.63) is 57.2 Å². The third-order valence-corrected chi connectivity index (χ3v) is 4.17. The summed E-state index contributed by atoms with van der Waals surface area (Å²) in [7, 11) is 0. The molecule has 0 radical (unpaired) electrons. The number of aliphatic carboxylic acids is 1. The van der Waals surface area contributed by atoms with E-state index in [1.165, 1.54) is 0 Å². The lowest BCUT2D eigenvalue weighted by atomic mass is 10.0. The van der Waals surface area contributed by atoms with Gasteiger partial charge >= 0.3 is 5.97 Å². The van der Waals surface area contributed by atoms with Crippen LogP contribution < -0.4 is 0 Å². The number of fused-ring (bicyclic) bond motifs is 1. The molecule has 3 rings (SSSR count). The number of aromatic amines is 1. The molecule has 0 aliphatic carbocycles. The van der Waals surface area contributed by atoms with Crippen LogP contribution in [0.4, 0.5) is 0 Å². The molecule has 3 nitrogen and oxygen atoms in total. The van der Waals surface area contributed by atoms with Crippen LogP contribution in [-0.2, 0) is 11.2 Å². The van der Waals surface area contributed by atoms with Gasteiger partial charge in [0.2, 0.25) is 0 Å². The summed E-state index contributed by atoms with van der Waals surface area (Å²) in [6, 6.07) is 14.2. The normalized spacial score (nSPS) is 11.0. The molecule has 21 heavy (non-hydrogen) atoms. The van der Waals surface area contributed by atoms with Crippen LogP contribution in [0.2, 0.25) is 0 Å². The Morgan fingerprint density at radius 1 is 1.24 bits per heavy atom. The standard InChI is InChI=1S/C17H14INO2/c1-10-3-2-4-11(7-10)17-14(9-16(20)21)13-8-12(18)5-6-15(13)19-17/h2-8,19H,9H2,1H3,(H,20,21). The second kappa shape index (κ2) is 5.52. The van der Waals surface area contributed by atoms with Gasteiger partial charge in [0, 0.05) is 14.5 Å². The molecule has 0 saturated carbocycles. The highest BCUT2D eigenvalue weighted by Gasteiger charge is 2.16. The Morgan fingerprint density at radius 2 is 2.05 bits per heavy atom. The van der Waals surface area contributed by atoms with Gasteiger partial charge in [0.1, 0.15) is 0 Å². The third-order valence-electron chi connectivity index (χ3n) is 3.50. The summed E-state index contributed by atoms with van der Waals surface area (Å²) in [4.78, 5) is 14.6. The number of rotatable bonds is 3. The van der Waals surface area contributed by atoms with Crippen LogP contribution in [0.1, 0.15) is 11.1 Å². The zero-order chi connectivity index (χ0) is 15.0. The Balaban J connectivity index is 2.28. The number of halogens is 1. The number of carboxylic acid groups (broad SMARTS) is 1. The van der Waals surface area contributed by atoms with Crippen molar-refractivity contribution in [1.29, 1.82) is 0 Å². The van der Waals surface area contributed by atoms with Gasteiger partial charge in [0.15, 0.2) is 0 Å². The van der Waals surface area contributed by atoms with Crippen LogP contribution >= 0.6 is 22.6 Å². The van der Waals surface area contributed by atoms with Gasteiger partial charge in [-0.2, -0.15) is 0 Å². The van der Waals surface area contributed by atoms with Crippen molar-refractivity contribution in [2.24, 2.45) is 0 Å². The van der Waals surface area contributed by atoms with Crippen LogP contribution in [0.25, 0.3) is 22.2 Å². The highest BCUT2D eigenvalue weighted by atomic mass is 127. The van der Waals surface area contributed by atoms with Crippen molar-refractivity contribution in [1.82, 2.24) is 4.98 Å². The third kappa shape index (κ3) is 2.81. The van der Waals surface area contributed by atoms with Gasteiger partial charge in [0.25, 0.3) is 0 Å². The minimum absolute atomic E-state index is 0.0172. The van der Waals surface area contributed by atoms with Crippen molar-refractivity contribution in [2.75, 3.05) is 0 Å². The second-order valence-electron chi connectivity index (χ2n) is 5.11. The van der Waals surface area contributed by atoms with E-state index in [-0.39, 0.29) is 6.42 Å². The van der Waals surface area contributed by atoms with Gasteiger partial charge < -0.3 is 10.1 Å². The lowest BCUT2D eigenvalue weighted by Crippen LogP contribution is -2.01. The molecule has 0 fully saturated rings. The fourth-order valence-corrected chi connectivity index (χ4v) is 3.09. The van der Waals surface area contributed by atoms with E-state index in [0.717, 1.165) is 36.9 Å². The van der Waals surface area contributed by atoms with Crippen LogP contribution in [0.15, 0.2) is 42.5 Å². The molecular formula is C17H14INO2. The van der Waals surface area contributed by atoms with Gasteiger partial charge in [0.05, 0.1) is 12.1 Å². The summed E-state index contributed by atoms with van der Waals surface area (Å²) < 4.78 is 1.10. The van der Waals surface area contributed by atoms with E-state index in [4.69, 9.17) is 0 Å². The number of benzene rings is 2. The molecule has 0 amide bonds. The Morgan fingerprint density at radius 3 is 2.76 bits per heavy atom. The molecule has 0 bridgehead atoms. The maximum atomic E-state index is 11.2. The van der Waals surface area contributed by atoms with Gasteiger partial charge in [-0.15, -0.1) is 0 Å². The molecule has 0 aliphatic heterocycles. The molecule has 0 saturated heterocycles. The molecule has 0 unspecified atom stereocenters. The Labute approximate surface area is 136 Å². The minimum atomic E-state index is -0.816. The Bertz CT molecular complexity index is 836. The molecule has 2 aromatic carbocycles. The molecule has 1 aromatic heterocycles. The van der Waals surface area contributed by atoms with E-state index in [9.17, 15) is 9.90 Å². The topological polar surface area (TPSA) is 53.1 Å². The van der Waals surface area contributed by atoms with Crippen molar-refractivity contribution in [2.45, 2.75) is 13.3 Å². The lowest BCUT2D eigenvalue weighted by Gasteiger charge is -2.04. The molecule has 2 N–H and O–H groups in total. The van der Waals surface area contributed by atoms with E-state index in [1.54, 1.807) is 0 Å². The van der Waals surface area contributed by atoms with E-state index in [2.05, 4.69) is 33.6 Å². The van der Waals surface area contributed by atoms with Crippen molar-refractivity contribution in [3.8, 4) is 11.3 Å². The highest BCUT2D eigenvalue weighted by Crippen LogP contribution is 2.32. The monoisotopic (exact) mass is 391 g/mol. The summed E-state index contributed by atoms with van der Waals surface area (Å²) in [6.07, 6.45) is 0.0172. The first kappa shape index (κ1) is 14.1. The number of aromatic nitrogens is 1. The molecule has 3 aromatic rings. The van der Waals surface area contributed by atoms with Crippen LogP contribution in [-0.4, -0.2) is 16.1 Å². The maximum Gasteiger partial charge on any atom is 0.307 e. The molecule has 4 heteroatoms. The van der Waals surface area contributed by atoms with Gasteiger partial charge in [-0.05, 0) is 64.9 Å². The molecule has 1 heterocycles. The van der Waals surface area contributed by atoms with Gasteiger partial charge in [-0.1, -0.05) is 23.8 Å². The fourth-order valence-electron chi connectivity index (χ4n) is 2.60. The minimum Gasteiger partial charge on any atom is -0.481 e. The molecule has 0 atom stereocenters. The summed E-state index contributed by atoms with van der Waals surface area (Å²) in [5.41, 5.74) is 4.90. The first-order chi connectivity index (χ1) is 10.0. The molecule has 106 valence electrons. The zero-order valence-corrected chi connectivity index (χ0v) is 13.6. The predicted molar refractivity (Wildman–Crippen MR) is 92.5 cm³/mol. The summed E-state index contributed by atoms with van der Waals surface area (Å²) in [5, 5.41) is 10.2. The zero-order valence-electron chi connectivity index (χ0n) is 11.5. The van der Waals surface area contributed by atoms with E-state index in [0.29, 0.717) is 0 Å². The first-order valence-electron chi connectivity index (χ1n) is 6.63. The average molecular weight is 391 g/mol. The highest BCUT2D eigenvalue weighted by molar-refractivity contribution is 14.1. The van der Waals surface area contributed by atoms with Crippen molar-refractivity contribution >= 4 is 39.5 Å². The van der Waals surface area contributed by atoms with E-state index >= 15 is 0 Å². The largest absolute Gasteiger partial charge is 0.481 e. The number of nitrogens with one attached hydrogen (secondary N) is 1. The SMILES string of the molecule is Cc1cccc(-c2[nH]c3ccc(I)cc3c2CC(=O)O)c1. The second-order valence-corrected chi connectivity index (χ2v) is 6.35. The molecule has 0 aliphatic rings. The van der Waals surface area contributed by atoms with Crippen molar-refractivity contribution < 1.29 is 9.90 Å². The van der Waals surface area contributed by atoms with Crippen LogP contribution in [0, 0.1) is 10.5 Å². The smallest absolute Gasteiger partial charge is 0.307 e. The molecular weight excluding hydrogens is 377 g/mol. The number of hydrogen-bond donors (Lipinski definition) is 2. The fraction of sp³-hybridized carbons (Fsp3) is 0.118. The number of aryl methyl sites for hydroxylation is 1. The maximum absolute atomic E-state index is 11.2. The lowest BCUT2D eigenvalue weighted by molar-refractivity contribution is -0.136. The number of hydrogen-bond acceptors (Lipinski definition) is 1. The summed E-state index contributed by atoms with van der Waals surface area (Å²) in [6.45, 7) is 2.03. The Hall–Kier alpha value is -1.82. The first-order valence-corrected chi connectivity index (χ1v) is 7.71. The van der Waals surface area contributed by atoms with E-state index < -0.39 is 5.97 Å². The van der Waals surface area contributed by atoms with Gasteiger partial charge in [-0.3, -0.25) is 4.79 Å². The van der Waals surface area contributed by atoms with Crippen molar-refractivity contribution in [3.63, 3.8) is 0 Å². The van der Waals surface area contributed by atoms with Crippen LogP contribution in [0.3, 0.4) is 0 Å².